The van der Waals surface area contributed by atoms with Crippen molar-refractivity contribution in [3.63, 3.8) is 0 Å². The van der Waals surface area contributed by atoms with E-state index in [0.29, 0.717) is 17.2 Å². The summed E-state index contributed by atoms with van der Waals surface area (Å²) in [5.41, 5.74) is 0.855. The van der Waals surface area contributed by atoms with Crippen LogP contribution < -0.4 is 0 Å². The summed E-state index contributed by atoms with van der Waals surface area (Å²) in [6.45, 7) is 4.57. The van der Waals surface area contributed by atoms with E-state index >= 15 is 0 Å². The highest BCUT2D eigenvalue weighted by molar-refractivity contribution is 9.10. The second kappa shape index (κ2) is 6.37. The minimum atomic E-state index is -3.54. The van der Waals surface area contributed by atoms with Crippen LogP contribution >= 0.6 is 15.9 Å². The number of hydrogen-bond donors (Lipinski definition) is 0. The first-order chi connectivity index (χ1) is 10.9. The largest absolute Gasteiger partial charge is 0.359 e. The Morgan fingerprint density at radius 1 is 1.30 bits per heavy atom. The summed E-state index contributed by atoms with van der Waals surface area (Å²) in [6, 6.07) is 8.32. The summed E-state index contributed by atoms with van der Waals surface area (Å²) in [5.74, 6) is 0.886. The van der Waals surface area contributed by atoms with E-state index in [0.717, 1.165) is 23.0 Å². The van der Waals surface area contributed by atoms with Gasteiger partial charge >= 0.3 is 0 Å². The number of rotatable bonds is 4. The summed E-state index contributed by atoms with van der Waals surface area (Å²) in [7, 11) is -3.54. The van der Waals surface area contributed by atoms with Crippen molar-refractivity contribution in [1.82, 2.24) is 9.46 Å². The normalized spacial score (nSPS) is 19.6. The van der Waals surface area contributed by atoms with E-state index in [1.807, 2.05) is 19.9 Å². The van der Waals surface area contributed by atoms with Crippen molar-refractivity contribution in [2.24, 2.45) is 0 Å². The molecule has 0 aliphatic carbocycles. The number of nitrogens with zero attached hydrogens (tertiary/aromatic N) is 2. The average Bonchev–Trinajstić information content (AvgIpc) is 3.16. The van der Waals surface area contributed by atoms with Crippen molar-refractivity contribution < 1.29 is 12.9 Å². The van der Waals surface area contributed by atoms with Crippen LogP contribution in [-0.2, 0) is 10.0 Å². The number of halogens is 1. The van der Waals surface area contributed by atoms with Gasteiger partial charge in [-0.05, 0) is 43.0 Å². The summed E-state index contributed by atoms with van der Waals surface area (Å²) in [6.07, 6.45) is 1.57. The molecule has 0 unspecified atom stereocenters. The molecule has 1 fully saturated rings. The third-order valence-electron chi connectivity index (χ3n) is 4.09. The van der Waals surface area contributed by atoms with E-state index in [-0.39, 0.29) is 12.0 Å². The van der Waals surface area contributed by atoms with Gasteiger partial charge in [0.05, 0.1) is 16.6 Å². The molecule has 0 bridgehead atoms. The third kappa shape index (κ3) is 3.22. The maximum atomic E-state index is 12.9. The predicted octanol–water partition coefficient (Wildman–Crippen LogP) is 4.09. The maximum Gasteiger partial charge on any atom is 0.243 e. The molecule has 1 aliphatic rings. The first-order valence-electron chi connectivity index (χ1n) is 7.63. The van der Waals surface area contributed by atoms with Crippen LogP contribution in [0.15, 0.2) is 44.2 Å². The Morgan fingerprint density at radius 2 is 2.00 bits per heavy atom. The molecule has 124 valence electrons. The van der Waals surface area contributed by atoms with Crippen LogP contribution in [-0.4, -0.2) is 24.4 Å². The van der Waals surface area contributed by atoms with Crippen molar-refractivity contribution in [3.8, 4) is 0 Å². The second-order valence-electron chi connectivity index (χ2n) is 6.04. The average molecular weight is 399 g/mol. The molecule has 0 amide bonds. The summed E-state index contributed by atoms with van der Waals surface area (Å²) in [4.78, 5) is 0.302. The van der Waals surface area contributed by atoms with E-state index in [4.69, 9.17) is 4.52 Å². The van der Waals surface area contributed by atoms with Crippen molar-refractivity contribution in [2.75, 3.05) is 6.54 Å². The van der Waals surface area contributed by atoms with Gasteiger partial charge in [0.25, 0.3) is 0 Å². The fraction of sp³-hybridized carbons (Fsp3) is 0.438. The lowest BCUT2D eigenvalue weighted by atomic mass is 10.1. The molecule has 0 saturated carbocycles. The zero-order valence-electron chi connectivity index (χ0n) is 13.1. The van der Waals surface area contributed by atoms with Crippen LogP contribution in [0.4, 0.5) is 0 Å². The maximum absolute atomic E-state index is 12.9. The van der Waals surface area contributed by atoms with Crippen molar-refractivity contribution in [1.29, 1.82) is 0 Å². The quantitative estimate of drug-likeness (QED) is 0.777. The highest BCUT2D eigenvalue weighted by atomic mass is 79.9. The van der Waals surface area contributed by atoms with Crippen molar-refractivity contribution in [2.45, 2.75) is 43.5 Å². The highest BCUT2D eigenvalue weighted by Crippen LogP contribution is 2.37. The van der Waals surface area contributed by atoms with Crippen molar-refractivity contribution >= 4 is 26.0 Å². The molecule has 0 spiro atoms. The first kappa shape index (κ1) is 16.7. The smallest absolute Gasteiger partial charge is 0.243 e. The number of sulfonamides is 1. The van der Waals surface area contributed by atoms with E-state index < -0.39 is 10.0 Å². The molecule has 1 saturated heterocycles. The minimum Gasteiger partial charge on any atom is -0.359 e. The number of aromatic nitrogens is 1. The van der Waals surface area contributed by atoms with Crippen LogP contribution in [0.5, 0.6) is 0 Å². The molecular weight excluding hydrogens is 380 g/mol. The first-order valence-corrected chi connectivity index (χ1v) is 9.87. The lowest BCUT2D eigenvalue weighted by Crippen LogP contribution is -2.30. The Kier molecular flexibility index (Phi) is 4.62. The summed E-state index contributed by atoms with van der Waals surface area (Å²) < 4.78 is 33.6. The molecule has 1 aliphatic heterocycles. The third-order valence-corrected chi connectivity index (χ3v) is 6.54. The lowest BCUT2D eigenvalue weighted by Gasteiger charge is -2.22. The second-order valence-corrected chi connectivity index (χ2v) is 8.84. The van der Waals surface area contributed by atoms with Crippen molar-refractivity contribution in [3.05, 3.63) is 46.3 Å². The minimum absolute atomic E-state index is 0.255. The van der Waals surface area contributed by atoms with Gasteiger partial charge in [-0.25, -0.2) is 8.42 Å². The van der Waals surface area contributed by atoms with E-state index in [1.165, 1.54) is 4.31 Å². The Balaban J connectivity index is 1.92. The highest BCUT2D eigenvalue weighted by Gasteiger charge is 2.38. The van der Waals surface area contributed by atoms with Gasteiger partial charge in [-0.1, -0.05) is 34.9 Å². The van der Waals surface area contributed by atoms with Gasteiger partial charge in [0.2, 0.25) is 10.0 Å². The Morgan fingerprint density at radius 3 is 2.61 bits per heavy atom. The van der Waals surface area contributed by atoms with Gasteiger partial charge in [0, 0.05) is 17.1 Å². The molecule has 23 heavy (non-hydrogen) atoms. The van der Waals surface area contributed by atoms with Crippen LogP contribution in [0, 0.1) is 0 Å². The van der Waals surface area contributed by atoms with E-state index in [1.54, 1.807) is 24.3 Å². The van der Waals surface area contributed by atoms with Crippen LogP contribution in [0.3, 0.4) is 0 Å². The van der Waals surface area contributed by atoms with Gasteiger partial charge in [-0.15, -0.1) is 0 Å². The number of hydrogen-bond acceptors (Lipinski definition) is 4. The topological polar surface area (TPSA) is 63.4 Å². The van der Waals surface area contributed by atoms with Gasteiger partial charge < -0.3 is 4.52 Å². The van der Waals surface area contributed by atoms with Gasteiger partial charge in [0.15, 0.2) is 5.76 Å². The Hall–Kier alpha value is -1.18. The van der Waals surface area contributed by atoms with Gasteiger partial charge in [-0.2, -0.15) is 4.31 Å². The standard InChI is InChI=1S/C16H19BrN2O3S/c1-11(2)14-10-16(22-18-14)15-4-3-9-19(15)23(20,21)13-7-5-12(17)6-8-13/h5-8,10-11,15H,3-4,9H2,1-2H3/t15-/m0/s1. The fourth-order valence-corrected chi connectivity index (χ4v) is 4.72. The summed E-state index contributed by atoms with van der Waals surface area (Å²) in [5, 5.41) is 4.06. The molecule has 5 nitrogen and oxygen atoms in total. The SMILES string of the molecule is CC(C)c1cc([C@@H]2CCCN2S(=O)(=O)c2ccc(Br)cc2)on1. The molecule has 0 radical (unpaired) electrons. The Labute approximate surface area is 144 Å². The molecule has 1 aromatic carbocycles. The van der Waals surface area contributed by atoms with E-state index in [9.17, 15) is 8.42 Å². The molecule has 1 aromatic heterocycles. The monoisotopic (exact) mass is 398 g/mol. The molecule has 1 atom stereocenters. The van der Waals surface area contributed by atoms with Crippen LogP contribution in [0.1, 0.15) is 50.1 Å². The van der Waals surface area contributed by atoms with Gasteiger partial charge in [0.1, 0.15) is 0 Å². The fourth-order valence-electron chi connectivity index (χ4n) is 2.79. The zero-order chi connectivity index (χ0) is 16.6. The van der Waals surface area contributed by atoms with E-state index in [2.05, 4.69) is 21.1 Å². The molecule has 0 N–H and O–H groups in total. The zero-order valence-corrected chi connectivity index (χ0v) is 15.5. The van der Waals surface area contributed by atoms with Gasteiger partial charge in [-0.3, -0.25) is 0 Å². The predicted molar refractivity (Wildman–Crippen MR) is 90.6 cm³/mol. The Bertz CT molecular complexity index is 784. The lowest BCUT2D eigenvalue weighted by molar-refractivity contribution is 0.295. The molecule has 7 heteroatoms. The summed E-state index contributed by atoms with van der Waals surface area (Å²) >= 11 is 3.33. The molecule has 2 aromatic rings. The molecule has 3 rings (SSSR count). The molecular formula is C16H19BrN2O3S. The van der Waals surface area contributed by atoms with Crippen LogP contribution in [0.2, 0.25) is 0 Å². The molecule has 2 heterocycles. The van der Waals surface area contributed by atoms with Crippen LogP contribution in [0.25, 0.3) is 0 Å². The number of benzene rings is 1.